The third-order valence-electron chi connectivity index (χ3n) is 6.57. The number of hydrogen-bond acceptors (Lipinski definition) is 4. The molecule has 2 N–H and O–H groups in total. The average molecular weight is 485 g/mol. The minimum Gasteiger partial charge on any atom is -0.493 e. The SMILES string of the molecule is COc1cc2c(cc1OC)[C@H](CCc1c(F)ccc(F)c1F)N([C@@H](C(N)=O)c1ccccc1)CC2. The van der Waals surface area contributed by atoms with E-state index in [1.54, 1.807) is 7.11 Å². The van der Waals surface area contributed by atoms with Crippen LogP contribution in [-0.2, 0) is 17.6 Å². The Balaban J connectivity index is 1.79. The summed E-state index contributed by atoms with van der Waals surface area (Å²) in [5.41, 5.74) is 8.07. The molecule has 35 heavy (non-hydrogen) atoms. The summed E-state index contributed by atoms with van der Waals surface area (Å²) in [5.74, 6) is -2.59. The number of nitrogens with zero attached hydrogens (tertiary/aromatic N) is 1. The number of nitrogens with two attached hydrogens (primary N) is 1. The van der Waals surface area contributed by atoms with E-state index < -0.39 is 35.4 Å². The van der Waals surface area contributed by atoms with Gasteiger partial charge in [0.05, 0.1) is 14.2 Å². The Kier molecular flexibility index (Phi) is 7.31. The molecule has 0 aliphatic carbocycles. The lowest BCUT2D eigenvalue weighted by molar-refractivity contribution is -0.124. The maximum Gasteiger partial charge on any atom is 0.239 e. The second-order valence-corrected chi connectivity index (χ2v) is 8.49. The predicted octanol–water partition coefficient (Wildman–Crippen LogP) is 4.88. The van der Waals surface area contributed by atoms with Crippen LogP contribution in [0.2, 0.25) is 0 Å². The smallest absolute Gasteiger partial charge is 0.239 e. The van der Waals surface area contributed by atoms with Crippen LogP contribution in [-0.4, -0.2) is 31.6 Å². The molecule has 0 saturated heterocycles. The van der Waals surface area contributed by atoms with Gasteiger partial charge in [-0.2, -0.15) is 0 Å². The van der Waals surface area contributed by atoms with Crippen molar-refractivity contribution in [2.75, 3.05) is 20.8 Å². The summed E-state index contributed by atoms with van der Waals surface area (Å²) in [5, 5.41) is 0. The first-order chi connectivity index (χ1) is 16.8. The summed E-state index contributed by atoms with van der Waals surface area (Å²) in [7, 11) is 3.07. The molecule has 1 amide bonds. The molecule has 184 valence electrons. The van der Waals surface area contributed by atoms with Crippen LogP contribution in [0.15, 0.2) is 54.6 Å². The van der Waals surface area contributed by atoms with Crippen LogP contribution >= 0.6 is 0 Å². The Morgan fingerprint density at radius 3 is 2.34 bits per heavy atom. The molecular weight excluding hydrogens is 457 g/mol. The van der Waals surface area contributed by atoms with Crippen molar-refractivity contribution in [3.8, 4) is 11.5 Å². The van der Waals surface area contributed by atoms with Crippen molar-refractivity contribution in [2.45, 2.75) is 31.3 Å². The number of fused-ring (bicyclic) bond motifs is 1. The summed E-state index contributed by atoms with van der Waals surface area (Å²) in [6, 6.07) is 13.3. The number of carbonyl (C=O) groups excluding carboxylic acids is 1. The molecule has 0 fully saturated rings. The summed E-state index contributed by atoms with van der Waals surface area (Å²) in [6.45, 7) is 0.476. The van der Waals surface area contributed by atoms with Crippen molar-refractivity contribution in [3.05, 3.63) is 94.3 Å². The van der Waals surface area contributed by atoms with E-state index in [1.807, 2.05) is 47.4 Å². The van der Waals surface area contributed by atoms with E-state index in [4.69, 9.17) is 15.2 Å². The molecule has 8 heteroatoms. The first-order valence-corrected chi connectivity index (χ1v) is 11.3. The van der Waals surface area contributed by atoms with Gasteiger partial charge in [-0.1, -0.05) is 30.3 Å². The van der Waals surface area contributed by atoms with E-state index >= 15 is 0 Å². The van der Waals surface area contributed by atoms with Crippen molar-refractivity contribution in [2.24, 2.45) is 5.73 Å². The highest BCUT2D eigenvalue weighted by atomic mass is 19.2. The van der Waals surface area contributed by atoms with Crippen LogP contribution in [0.1, 0.15) is 40.8 Å². The highest BCUT2D eigenvalue weighted by Gasteiger charge is 2.37. The molecule has 0 radical (unpaired) electrons. The minimum absolute atomic E-state index is 0.0787. The van der Waals surface area contributed by atoms with Gasteiger partial charge >= 0.3 is 0 Å². The minimum atomic E-state index is -1.20. The lowest BCUT2D eigenvalue weighted by Gasteiger charge is -2.41. The normalized spacial score (nSPS) is 16.4. The molecule has 0 bridgehead atoms. The van der Waals surface area contributed by atoms with Crippen LogP contribution in [0.3, 0.4) is 0 Å². The molecule has 1 aliphatic rings. The van der Waals surface area contributed by atoms with Crippen LogP contribution < -0.4 is 15.2 Å². The van der Waals surface area contributed by atoms with Crippen LogP contribution in [0.25, 0.3) is 0 Å². The van der Waals surface area contributed by atoms with Gasteiger partial charge in [0.2, 0.25) is 5.91 Å². The van der Waals surface area contributed by atoms with E-state index in [9.17, 15) is 18.0 Å². The molecule has 0 spiro atoms. The number of carbonyl (C=O) groups is 1. The van der Waals surface area contributed by atoms with E-state index in [1.165, 1.54) is 7.11 Å². The zero-order valence-corrected chi connectivity index (χ0v) is 19.6. The maximum absolute atomic E-state index is 14.4. The Bertz CT molecular complexity index is 1220. The van der Waals surface area contributed by atoms with Crippen molar-refractivity contribution >= 4 is 5.91 Å². The Labute approximate surface area is 202 Å². The number of hydrogen-bond donors (Lipinski definition) is 1. The van der Waals surface area contributed by atoms with Gasteiger partial charge in [0.25, 0.3) is 0 Å². The monoisotopic (exact) mass is 484 g/mol. The fraction of sp³-hybridized carbons (Fsp3) is 0.296. The molecule has 0 aromatic heterocycles. The third-order valence-corrected chi connectivity index (χ3v) is 6.57. The molecule has 5 nitrogen and oxygen atoms in total. The predicted molar refractivity (Wildman–Crippen MR) is 126 cm³/mol. The lowest BCUT2D eigenvalue weighted by Crippen LogP contribution is -2.44. The Hall–Kier alpha value is -3.52. The first-order valence-electron chi connectivity index (χ1n) is 11.3. The van der Waals surface area contributed by atoms with Crippen molar-refractivity contribution in [1.29, 1.82) is 0 Å². The van der Waals surface area contributed by atoms with Crippen molar-refractivity contribution < 1.29 is 27.4 Å². The van der Waals surface area contributed by atoms with Gasteiger partial charge in [0.1, 0.15) is 11.9 Å². The quantitative estimate of drug-likeness (QED) is 0.463. The molecule has 3 aromatic carbocycles. The number of halogens is 3. The zero-order chi connectivity index (χ0) is 25.1. The van der Waals surface area contributed by atoms with Gasteiger partial charge in [0, 0.05) is 18.2 Å². The molecule has 1 aliphatic heterocycles. The number of methoxy groups -OCH3 is 2. The first kappa shape index (κ1) is 24.6. The second-order valence-electron chi connectivity index (χ2n) is 8.49. The van der Waals surface area contributed by atoms with Crippen molar-refractivity contribution in [1.82, 2.24) is 4.90 Å². The summed E-state index contributed by atoms with van der Waals surface area (Å²) in [6.07, 6.45) is 0.743. The van der Waals surface area contributed by atoms with Gasteiger partial charge < -0.3 is 15.2 Å². The summed E-state index contributed by atoms with van der Waals surface area (Å²) < 4.78 is 53.6. The van der Waals surface area contributed by atoms with Crippen LogP contribution in [0.5, 0.6) is 11.5 Å². The molecule has 1 heterocycles. The number of ether oxygens (including phenoxy) is 2. The standard InChI is InChI=1S/C27H27F3N2O3/c1-34-23-14-17-12-13-32(26(27(31)33)16-6-4-3-5-7-16)22(19(17)15-24(23)35-2)11-8-18-20(28)9-10-21(29)25(18)30/h3-7,9-10,14-15,22,26H,8,11-13H2,1-2H3,(H2,31,33)/t22-,26+/m0/s1. The number of rotatable bonds is 8. The highest BCUT2D eigenvalue weighted by molar-refractivity contribution is 5.81. The van der Waals surface area contributed by atoms with Crippen LogP contribution in [0.4, 0.5) is 13.2 Å². The van der Waals surface area contributed by atoms with Gasteiger partial charge in [-0.05, 0) is 60.2 Å². The largest absolute Gasteiger partial charge is 0.493 e. The van der Waals surface area contributed by atoms with Gasteiger partial charge in [-0.15, -0.1) is 0 Å². The van der Waals surface area contributed by atoms with E-state index in [0.29, 0.717) is 24.5 Å². The van der Waals surface area contributed by atoms with E-state index in [2.05, 4.69) is 0 Å². The lowest BCUT2D eigenvalue weighted by atomic mass is 9.86. The topological polar surface area (TPSA) is 64.8 Å². The molecule has 0 unspecified atom stereocenters. The fourth-order valence-corrected chi connectivity index (χ4v) is 4.91. The average Bonchev–Trinajstić information content (AvgIpc) is 2.86. The highest BCUT2D eigenvalue weighted by Crippen LogP contribution is 2.43. The molecular formula is C27H27F3N2O3. The number of primary amides is 1. The van der Waals surface area contributed by atoms with E-state index in [0.717, 1.165) is 28.8 Å². The second kappa shape index (κ2) is 10.4. The molecule has 4 rings (SSSR count). The number of benzene rings is 3. The zero-order valence-electron chi connectivity index (χ0n) is 19.6. The third kappa shape index (κ3) is 4.84. The van der Waals surface area contributed by atoms with Crippen molar-refractivity contribution in [3.63, 3.8) is 0 Å². The molecule has 3 aromatic rings. The van der Waals surface area contributed by atoms with Gasteiger partial charge in [0.15, 0.2) is 23.1 Å². The van der Waals surface area contributed by atoms with Gasteiger partial charge in [-0.25, -0.2) is 13.2 Å². The summed E-state index contributed by atoms with van der Waals surface area (Å²) >= 11 is 0. The van der Waals surface area contributed by atoms with Crippen LogP contribution in [0, 0.1) is 17.5 Å². The Morgan fingerprint density at radius 1 is 1.03 bits per heavy atom. The summed E-state index contributed by atoms with van der Waals surface area (Å²) in [4.78, 5) is 14.6. The maximum atomic E-state index is 14.4. The fourth-order valence-electron chi connectivity index (χ4n) is 4.91. The molecule has 2 atom stereocenters. The molecule has 0 saturated carbocycles. The number of amides is 1. The Morgan fingerprint density at radius 2 is 1.69 bits per heavy atom. The van der Waals surface area contributed by atoms with E-state index in [-0.39, 0.29) is 18.4 Å². The van der Waals surface area contributed by atoms with Gasteiger partial charge in [-0.3, -0.25) is 9.69 Å².